The zero-order chi connectivity index (χ0) is 17.9. The second-order valence-corrected chi connectivity index (χ2v) is 5.40. The van der Waals surface area contributed by atoms with Crippen LogP contribution >= 0.6 is 12.2 Å². The van der Waals surface area contributed by atoms with Gasteiger partial charge in [0, 0.05) is 13.6 Å². The van der Waals surface area contributed by atoms with Crippen LogP contribution in [0.15, 0.2) is 30.5 Å². The number of rotatable bonds is 6. The van der Waals surface area contributed by atoms with Crippen LogP contribution < -0.4 is 14.2 Å². The van der Waals surface area contributed by atoms with Gasteiger partial charge in [-0.2, -0.15) is 0 Å². The smallest absolute Gasteiger partial charge is 0.277 e. The first kappa shape index (κ1) is 17.8. The minimum atomic E-state index is -0.170. The quantitative estimate of drug-likeness (QED) is 0.447. The van der Waals surface area contributed by atoms with E-state index in [-0.39, 0.29) is 5.91 Å². The zero-order valence-electron chi connectivity index (χ0n) is 14.2. The molecule has 1 amide bonds. The fourth-order valence-electron chi connectivity index (χ4n) is 2.44. The summed E-state index contributed by atoms with van der Waals surface area (Å²) < 4.78 is 16.0. The average Bonchev–Trinajstić information content (AvgIpc) is 2.79. The van der Waals surface area contributed by atoms with Crippen LogP contribution in [0.2, 0.25) is 0 Å². The molecule has 6 nitrogen and oxygen atoms in total. The maximum absolute atomic E-state index is 12.5. The Morgan fingerprint density at radius 3 is 2.21 bits per heavy atom. The van der Waals surface area contributed by atoms with Gasteiger partial charge in [-0.3, -0.25) is 9.69 Å². The molecule has 1 aliphatic heterocycles. The van der Waals surface area contributed by atoms with E-state index in [2.05, 4.69) is 6.58 Å². The highest BCUT2D eigenvalue weighted by molar-refractivity contribution is 7.80. The number of hydrogen-bond acceptors (Lipinski definition) is 5. The maximum atomic E-state index is 12.5. The highest BCUT2D eigenvalue weighted by Crippen LogP contribution is 2.39. The highest BCUT2D eigenvalue weighted by atomic mass is 32.1. The highest BCUT2D eigenvalue weighted by Gasteiger charge is 2.34. The molecule has 24 heavy (non-hydrogen) atoms. The van der Waals surface area contributed by atoms with Crippen LogP contribution in [0.3, 0.4) is 0 Å². The number of nitrogens with zero attached hydrogens (tertiary/aromatic N) is 2. The van der Waals surface area contributed by atoms with Crippen molar-refractivity contribution >= 4 is 29.3 Å². The summed E-state index contributed by atoms with van der Waals surface area (Å²) in [6.45, 7) is 4.02. The first-order valence-electron chi connectivity index (χ1n) is 7.20. The van der Waals surface area contributed by atoms with Gasteiger partial charge in [0.05, 0.1) is 21.3 Å². The van der Waals surface area contributed by atoms with E-state index in [0.717, 1.165) is 5.56 Å². The van der Waals surface area contributed by atoms with Crippen molar-refractivity contribution in [1.82, 2.24) is 9.80 Å². The van der Waals surface area contributed by atoms with Gasteiger partial charge in [-0.05, 0) is 36.0 Å². The van der Waals surface area contributed by atoms with Crippen LogP contribution in [0.5, 0.6) is 17.2 Å². The number of ether oxygens (including phenoxy) is 3. The van der Waals surface area contributed by atoms with E-state index in [0.29, 0.717) is 34.6 Å². The third kappa shape index (κ3) is 3.07. The van der Waals surface area contributed by atoms with Crippen molar-refractivity contribution in [3.8, 4) is 17.2 Å². The summed E-state index contributed by atoms with van der Waals surface area (Å²) in [6, 6.07) is 3.55. The van der Waals surface area contributed by atoms with Gasteiger partial charge in [0.1, 0.15) is 5.70 Å². The van der Waals surface area contributed by atoms with Crippen molar-refractivity contribution in [3.63, 3.8) is 0 Å². The second-order valence-electron chi connectivity index (χ2n) is 5.03. The van der Waals surface area contributed by atoms with Crippen LogP contribution in [0.4, 0.5) is 0 Å². The second kappa shape index (κ2) is 7.35. The third-order valence-corrected chi connectivity index (χ3v) is 4.14. The summed E-state index contributed by atoms with van der Waals surface area (Å²) in [6.07, 6.45) is 3.38. The van der Waals surface area contributed by atoms with Gasteiger partial charge in [-0.1, -0.05) is 6.08 Å². The molecule has 0 atom stereocenters. The first-order chi connectivity index (χ1) is 11.5. The van der Waals surface area contributed by atoms with Crippen molar-refractivity contribution in [3.05, 3.63) is 36.0 Å². The van der Waals surface area contributed by atoms with Crippen molar-refractivity contribution in [2.75, 3.05) is 34.9 Å². The van der Waals surface area contributed by atoms with Gasteiger partial charge in [0.15, 0.2) is 16.6 Å². The first-order valence-corrected chi connectivity index (χ1v) is 7.61. The molecule has 0 saturated carbocycles. The number of likely N-dealkylation sites (N-methyl/N-ethyl adjacent to an activating group) is 1. The molecule has 1 heterocycles. The average molecular weight is 348 g/mol. The Morgan fingerprint density at radius 1 is 1.17 bits per heavy atom. The predicted molar refractivity (Wildman–Crippen MR) is 96.3 cm³/mol. The van der Waals surface area contributed by atoms with Crippen LogP contribution in [0.1, 0.15) is 5.56 Å². The molecular formula is C17H20N2O4S. The fraction of sp³-hybridized carbons (Fsp3) is 0.294. The number of carbonyl (C=O) groups excluding carboxylic acids is 1. The molecule has 1 aromatic rings. The van der Waals surface area contributed by atoms with E-state index >= 15 is 0 Å². The minimum Gasteiger partial charge on any atom is -0.493 e. The van der Waals surface area contributed by atoms with Crippen molar-refractivity contribution in [1.29, 1.82) is 0 Å². The monoisotopic (exact) mass is 348 g/mol. The molecule has 1 fully saturated rings. The number of amides is 1. The van der Waals surface area contributed by atoms with Crippen molar-refractivity contribution in [2.24, 2.45) is 0 Å². The van der Waals surface area contributed by atoms with Gasteiger partial charge in [0.2, 0.25) is 5.75 Å². The Bertz CT molecular complexity index is 690. The Labute approximate surface area is 146 Å². The van der Waals surface area contributed by atoms with Crippen LogP contribution in [0, 0.1) is 0 Å². The molecule has 128 valence electrons. The maximum Gasteiger partial charge on any atom is 0.277 e. The van der Waals surface area contributed by atoms with Crippen molar-refractivity contribution < 1.29 is 19.0 Å². The molecule has 1 aliphatic rings. The van der Waals surface area contributed by atoms with Crippen LogP contribution in [0.25, 0.3) is 6.08 Å². The molecule has 0 spiro atoms. The summed E-state index contributed by atoms with van der Waals surface area (Å²) in [7, 11) is 6.38. The lowest BCUT2D eigenvalue weighted by Crippen LogP contribution is -2.31. The minimum absolute atomic E-state index is 0.170. The van der Waals surface area contributed by atoms with Crippen molar-refractivity contribution in [2.45, 2.75) is 0 Å². The molecule has 0 aromatic heterocycles. The van der Waals surface area contributed by atoms with Crippen LogP contribution in [-0.2, 0) is 4.79 Å². The zero-order valence-corrected chi connectivity index (χ0v) is 15.0. The number of hydrogen-bond donors (Lipinski definition) is 0. The normalized spacial score (nSPS) is 15.9. The molecule has 0 radical (unpaired) electrons. The summed E-state index contributed by atoms with van der Waals surface area (Å²) in [4.78, 5) is 15.7. The van der Waals surface area contributed by atoms with Gasteiger partial charge in [-0.15, -0.1) is 6.58 Å². The number of thiocarbonyl (C=S) groups is 1. The standard InChI is InChI=1S/C17H20N2O4S/c1-6-7-19-16(20)12(18(2)17(19)24)8-11-9-13(21-3)15(23-5)14(10-11)22-4/h6,8-10H,1,7H2,2-5H3. The van der Waals surface area contributed by atoms with E-state index in [1.807, 2.05) is 0 Å². The Kier molecular flexibility index (Phi) is 5.46. The molecule has 1 aromatic carbocycles. The van der Waals surface area contributed by atoms with E-state index in [1.165, 1.54) is 4.90 Å². The Hall–Kier alpha value is -2.54. The molecule has 0 aliphatic carbocycles. The fourth-order valence-corrected chi connectivity index (χ4v) is 2.70. The third-order valence-electron chi connectivity index (χ3n) is 3.65. The summed E-state index contributed by atoms with van der Waals surface area (Å²) >= 11 is 5.31. The number of benzene rings is 1. The molecule has 0 N–H and O–H groups in total. The Balaban J connectivity index is 2.49. The van der Waals surface area contributed by atoms with Gasteiger partial charge in [-0.25, -0.2) is 0 Å². The van der Waals surface area contributed by atoms with Gasteiger partial charge >= 0.3 is 0 Å². The molecular weight excluding hydrogens is 328 g/mol. The lowest BCUT2D eigenvalue weighted by molar-refractivity contribution is -0.122. The van der Waals surface area contributed by atoms with E-state index < -0.39 is 0 Å². The molecule has 2 rings (SSSR count). The van der Waals surface area contributed by atoms with E-state index in [9.17, 15) is 4.79 Å². The van der Waals surface area contributed by atoms with Gasteiger partial charge < -0.3 is 19.1 Å². The molecule has 0 bridgehead atoms. The largest absolute Gasteiger partial charge is 0.493 e. The summed E-state index contributed by atoms with van der Waals surface area (Å²) in [5.74, 6) is 1.36. The lowest BCUT2D eigenvalue weighted by atomic mass is 10.1. The molecule has 7 heteroatoms. The molecule has 1 saturated heterocycles. The van der Waals surface area contributed by atoms with E-state index in [4.69, 9.17) is 26.4 Å². The summed E-state index contributed by atoms with van der Waals surface area (Å²) in [5.41, 5.74) is 1.21. The number of carbonyl (C=O) groups is 1. The summed E-state index contributed by atoms with van der Waals surface area (Å²) in [5, 5.41) is 0.443. The predicted octanol–water partition coefficient (Wildman–Crippen LogP) is 2.30. The topological polar surface area (TPSA) is 51.2 Å². The lowest BCUT2D eigenvalue weighted by Gasteiger charge is -2.14. The number of methoxy groups -OCH3 is 3. The molecule has 0 unspecified atom stereocenters. The van der Waals surface area contributed by atoms with Gasteiger partial charge in [0.25, 0.3) is 5.91 Å². The SMILES string of the molecule is C=CCN1C(=O)C(=Cc2cc(OC)c(OC)c(OC)c2)N(C)C1=S. The Morgan fingerprint density at radius 2 is 1.75 bits per heavy atom. The van der Waals surface area contributed by atoms with E-state index in [1.54, 1.807) is 57.6 Å². The van der Waals surface area contributed by atoms with Crippen LogP contribution in [-0.4, -0.2) is 55.7 Å².